The minimum Gasteiger partial charge on any atom is -0.305 e. The summed E-state index contributed by atoms with van der Waals surface area (Å²) in [7, 11) is 0. The van der Waals surface area contributed by atoms with Crippen LogP contribution >= 0.6 is 11.6 Å². The fraction of sp³-hybridized carbons (Fsp3) is 0.222. The molecule has 0 aliphatic carbocycles. The Bertz CT molecular complexity index is 469. The van der Waals surface area contributed by atoms with E-state index in [1.54, 1.807) is 0 Å². The Morgan fingerprint density at radius 2 is 2.06 bits per heavy atom. The van der Waals surface area contributed by atoms with Crippen LogP contribution < -0.4 is 16.4 Å². The van der Waals surface area contributed by atoms with E-state index in [1.165, 1.54) is 25.3 Å². The average molecular weight is 244 g/mol. The highest BCUT2D eigenvalue weighted by atomic mass is 35.5. The lowest BCUT2D eigenvalue weighted by atomic mass is 10.4. The third kappa shape index (κ3) is 3.74. The van der Waals surface area contributed by atoms with Crippen LogP contribution in [0.1, 0.15) is 6.92 Å². The summed E-state index contributed by atoms with van der Waals surface area (Å²) in [6.45, 7) is 1.05. The molecule has 1 rings (SSSR count). The number of amides is 2. The van der Waals surface area contributed by atoms with Crippen molar-refractivity contribution in [3.05, 3.63) is 33.7 Å². The van der Waals surface area contributed by atoms with Gasteiger partial charge in [0.25, 0.3) is 11.5 Å². The van der Waals surface area contributed by atoms with E-state index >= 15 is 0 Å². The standard InChI is InChI=1S/C9H10ClN3O3/c1-6(14)11-12-8(15)5-13-4-7(10)2-3-9(13)16/h2-4H,5H2,1H3,(H,11,14)(H,12,15). The topological polar surface area (TPSA) is 80.2 Å². The third-order valence-electron chi connectivity index (χ3n) is 1.64. The van der Waals surface area contributed by atoms with Gasteiger partial charge in [-0.2, -0.15) is 0 Å². The number of hydrogen-bond acceptors (Lipinski definition) is 3. The number of hydrogen-bond donors (Lipinski definition) is 2. The van der Waals surface area contributed by atoms with Gasteiger partial charge in [0.05, 0.1) is 5.02 Å². The van der Waals surface area contributed by atoms with E-state index < -0.39 is 11.8 Å². The Morgan fingerprint density at radius 1 is 1.38 bits per heavy atom. The lowest BCUT2D eigenvalue weighted by Crippen LogP contribution is -2.43. The van der Waals surface area contributed by atoms with E-state index in [9.17, 15) is 14.4 Å². The number of hydrazine groups is 1. The normalized spacial score (nSPS) is 9.62. The summed E-state index contributed by atoms with van der Waals surface area (Å²) in [6, 6.07) is 2.69. The van der Waals surface area contributed by atoms with Crippen LogP contribution in [0.3, 0.4) is 0 Å². The van der Waals surface area contributed by atoms with Gasteiger partial charge in [0.1, 0.15) is 6.54 Å². The largest absolute Gasteiger partial charge is 0.305 e. The van der Waals surface area contributed by atoms with Crippen LogP contribution in [-0.4, -0.2) is 16.4 Å². The van der Waals surface area contributed by atoms with Crippen LogP contribution in [0.4, 0.5) is 0 Å². The number of aromatic nitrogens is 1. The molecule has 2 amide bonds. The van der Waals surface area contributed by atoms with Crippen LogP contribution in [0.2, 0.25) is 5.02 Å². The number of halogens is 1. The molecule has 0 aliphatic heterocycles. The maximum absolute atomic E-state index is 11.3. The van der Waals surface area contributed by atoms with E-state index in [1.807, 2.05) is 0 Å². The van der Waals surface area contributed by atoms with Gasteiger partial charge >= 0.3 is 0 Å². The molecule has 6 nitrogen and oxygen atoms in total. The van der Waals surface area contributed by atoms with Gasteiger partial charge in [0, 0.05) is 19.2 Å². The van der Waals surface area contributed by atoms with Crippen molar-refractivity contribution in [3.8, 4) is 0 Å². The van der Waals surface area contributed by atoms with Gasteiger partial charge in [-0.1, -0.05) is 11.6 Å². The molecule has 0 unspecified atom stereocenters. The van der Waals surface area contributed by atoms with Crippen LogP contribution in [0.15, 0.2) is 23.1 Å². The number of nitrogens with one attached hydrogen (secondary N) is 2. The molecule has 7 heteroatoms. The maximum atomic E-state index is 11.3. The van der Waals surface area contributed by atoms with Crippen molar-refractivity contribution in [1.29, 1.82) is 0 Å². The fourth-order valence-corrected chi connectivity index (χ4v) is 1.16. The van der Waals surface area contributed by atoms with Crippen LogP contribution in [0.5, 0.6) is 0 Å². The SMILES string of the molecule is CC(=O)NNC(=O)Cn1cc(Cl)ccc1=O. The van der Waals surface area contributed by atoms with Gasteiger partial charge < -0.3 is 4.57 Å². The molecule has 0 bridgehead atoms. The predicted molar refractivity (Wildman–Crippen MR) is 57.7 cm³/mol. The Kier molecular flexibility index (Phi) is 4.07. The molecular weight excluding hydrogens is 234 g/mol. The molecule has 0 fully saturated rings. The molecule has 1 aromatic rings. The summed E-state index contributed by atoms with van der Waals surface area (Å²) in [6.07, 6.45) is 1.34. The van der Waals surface area contributed by atoms with Crippen molar-refractivity contribution in [2.45, 2.75) is 13.5 Å². The smallest absolute Gasteiger partial charge is 0.258 e. The monoisotopic (exact) mass is 243 g/mol. The highest BCUT2D eigenvalue weighted by molar-refractivity contribution is 6.30. The first kappa shape index (κ1) is 12.3. The third-order valence-corrected chi connectivity index (χ3v) is 1.86. The first-order valence-electron chi connectivity index (χ1n) is 4.40. The lowest BCUT2D eigenvalue weighted by molar-refractivity contribution is -0.128. The summed E-state index contributed by atoms with van der Waals surface area (Å²) in [5.74, 6) is -0.911. The summed E-state index contributed by atoms with van der Waals surface area (Å²) in [5, 5.41) is 0.354. The van der Waals surface area contributed by atoms with Gasteiger partial charge in [-0.25, -0.2) is 0 Å². The molecule has 0 atom stereocenters. The summed E-state index contributed by atoms with van der Waals surface area (Å²) in [5.41, 5.74) is 3.90. The second-order valence-electron chi connectivity index (χ2n) is 3.04. The number of carbonyl (C=O) groups is 2. The van der Waals surface area contributed by atoms with E-state index in [0.29, 0.717) is 5.02 Å². The maximum Gasteiger partial charge on any atom is 0.258 e. The van der Waals surface area contributed by atoms with E-state index in [4.69, 9.17) is 11.6 Å². The molecule has 0 saturated carbocycles. The van der Waals surface area contributed by atoms with Crippen molar-refractivity contribution < 1.29 is 9.59 Å². The molecule has 0 aliphatic rings. The minimum atomic E-state index is -0.514. The molecule has 0 radical (unpaired) electrons. The first-order valence-corrected chi connectivity index (χ1v) is 4.78. The molecule has 0 aromatic carbocycles. The first-order chi connectivity index (χ1) is 7.49. The van der Waals surface area contributed by atoms with Crippen molar-refractivity contribution >= 4 is 23.4 Å². The van der Waals surface area contributed by atoms with E-state index in [0.717, 1.165) is 4.57 Å². The molecular formula is C9H10ClN3O3. The highest BCUT2D eigenvalue weighted by Gasteiger charge is 2.04. The molecule has 0 spiro atoms. The minimum absolute atomic E-state index is 0.209. The Morgan fingerprint density at radius 3 is 2.69 bits per heavy atom. The lowest BCUT2D eigenvalue weighted by Gasteiger charge is -2.07. The average Bonchev–Trinajstić information content (AvgIpc) is 2.20. The van der Waals surface area contributed by atoms with Crippen molar-refractivity contribution in [2.24, 2.45) is 0 Å². The molecule has 1 heterocycles. The predicted octanol–water partition coefficient (Wildman–Crippen LogP) is -0.331. The number of rotatable bonds is 2. The van der Waals surface area contributed by atoms with Gasteiger partial charge in [-0.05, 0) is 6.07 Å². The second kappa shape index (κ2) is 5.32. The zero-order chi connectivity index (χ0) is 12.1. The summed E-state index contributed by atoms with van der Waals surface area (Å²) in [4.78, 5) is 33.0. The van der Waals surface area contributed by atoms with E-state index in [2.05, 4.69) is 10.9 Å². The van der Waals surface area contributed by atoms with Crippen LogP contribution in [0, 0.1) is 0 Å². The summed E-state index contributed by atoms with van der Waals surface area (Å²) < 4.78 is 1.14. The zero-order valence-electron chi connectivity index (χ0n) is 8.49. The molecule has 0 saturated heterocycles. The number of pyridine rings is 1. The fourth-order valence-electron chi connectivity index (χ4n) is 0.978. The molecule has 1 aromatic heterocycles. The van der Waals surface area contributed by atoms with E-state index in [-0.39, 0.29) is 12.1 Å². The molecule has 86 valence electrons. The van der Waals surface area contributed by atoms with Gasteiger partial charge in [0.2, 0.25) is 5.91 Å². The van der Waals surface area contributed by atoms with Gasteiger partial charge in [0.15, 0.2) is 0 Å². The van der Waals surface area contributed by atoms with Crippen LogP contribution in [-0.2, 0) is 16.1 Å². The number of nitrogens with zero attached hydrogens (tertiary/aromatic N) is 1. The van der Waals surface area contributed by atoms with Gasteiger partial charge in [-0.3, -0.25) is 25.2 Å². The molecule has 16 heavy (non-hydrogen) atoms. The molecule has 2 N–H and O–H groups in total. The second-order valence-corrected chi connectivity index (χ2v) is 3.48. The van der Waals surface area contributed by atoms with Crippen molar-refractivity contribution in [1.82, 2.24) is 15.4 Å². The summed E-state index contributed by atoms with van der Waals surface area (Å²) >= 11 is 5.67. The van der Waals surface area contributed by atoms with Crippen molar-refractivity contribution in [2.75, 3.05) is 0 Å². The Labute approximate surface area is 96.2 Å². The zero-order valence-corrected chi connectivity index (χ0v) is 9.25. The Hall–Kier alpha value is -1.82. The quantitative estimate of drug-likeness (QED) is 0.698. The Balaban J connectivity index is 2.66. The van der Waals surface area contributed by atoms with Crippen LogP contribution in [0.25, 0.3) is 0 Å². The number of carbonyl (C=O) groups excluding carboxylic acids is 2. The highest BCUT2D eigenvalue weighted by Crippen LogP contribution is 2.02. The van der Waals surface area contributed by atoms with Gasteiger partial charge in [-0.15, -0.1) is 0 Å². The van der Waals surface area contributed by atoms with Crippen molar-refractivity contribution in [3.63, 3.8) is 0 Å².